The van der Waals surface area contributed by atoms with Crippen LogP contribution in [0.25, 0.3) is 0 Å². The van der Waals surface area contributed by atoms with Crippen LogP contribution >= 0.6 is 0 Å². The minimum absolute atomic E-state index is 0.0585. The molecule has 1 aromatic carbocycles. The highest BCUT2D eigenvalue weighted by Gasteiger charge is 2.11. The molecule has 0 spiro atoms. The molecule has 0 saturated carbocycles. The first kappa shape index (κ1) is 15.0. The Morgan fingerprint density at radius 2 is 1.72 bits per heavy atom. The van der Waals surface area contributed by atoms with E-state index in [9.17, 15) is 8.42 Å². The third-order valence-corrected chi connectivity index (χ3v) is 3.63. The first-order valence-corrected chi connectivity index (χ1v) is 7.72. The fraction of sp³-hybridized carbons (Fsp3) is 0.538. The Morgan fingerprint density at radius 3 is 2.17 bits per heavy atom. The lowest BCUT2D eigenvalue weighted by atomic mass is 10.0. The summed E-state index contributed by atoms with van der Waals surface area (Å²) in [5, 5.41) is 4.98. The maximum absolute atomic E-state index is 10.9. The van der Waals surface area contributed by atoms with E-state index in [1.165, 1.54) is 5.56 Å². The van der Waals surface area contributed by atoms with Gasteiger partial charge in [-0.05, 0) is 23.6 Å². The fourth-order valence-corrected chi connectivity index (χ4v) is 2.52. The van der Waals surface area contributed by atoms with Crippen molar-refractivity contribution in [3.63, 3.8) is 0 Å². The molecule has 2 N–H and O–H groups in total. The second kappa shape index (κ2) is 6.20. The molecule has 0 radical (unpaired) electrons. The van der Waals surface area contributed by atoms with Gasteiger partial charge >= 0.3 is 0 Å². The number of primary sulfonamides is 1. The maximum Gasteiger partial charge on any atom is 0.209 e. The lowest BCUT2D eigenvalue weighted by molar-refractivity contribution is 0.272. The van der Waals surface area contributed by atoms with Crippen molar-refractivity contribution in [2.75, 3.05) is 12.4 Å². The molecular weight excluding hydrogens is 250 g/mol. The van der Waals surface area contributed by atoms with Gasteiger partial charge in [0.15, 0.2) is 0 Å². The molecule has 1 rings (SSSR count). The normalized spacial score (nSPS) is 13.6. The fourth-order valence-electron chi connectivity index (χ4n) is 1.63. The number of sulfonamides is 1. The van der Waals surface area contributed by atoms with E-state index in [0.717, 1.165) is 5.75 Å². The Hall–Kier alpha value is -1.07. The second-order valence-corrected chi connectivity index (χ2v) is 6.63. The predicted molar refractivity (Wildman–Crippen MR) is 73.2 cm³/mol. The molecule has 4 nitrogen and oxygen atoms in total. The number of rotatable bonds is 6. The maximum atomic E-state index is 10.9. The highest BCUT2D eigenvalue weighted by Crippen LogP contribution is 2.19. The summed E-state index contributed by atoms with van der Waals surface area (Å²) >= 11 is 0. The molecule has 1 atom stereocenters. The van der Waals surface area contributed by atoms with Crippen LogP contribution in [0.5, 0.6) is 5.75 Å². The van der Waals surface area contributed by atoms with Gasteiger partial charge in [0.05, 0.1) is 12.4 Å². The summed E-state index contributed by atoms with van der Waals surface area (Å²) in [7, 11) is -3.43. The molecule has 0 bridgehead atoms. The first-order chi connectivity index (χ1) is 8.28. The van der Waals surface area contributed by atoms with Crippen molar-refractivity contribution >= 4 is 10.0 Å². The molecule has 1 aromatic rings. The number of nitrogens with two attached hydrogens (primary N) is 1. The van der Waals surface area contributed by atoms with Crippen LogP contribution < -0.4 is 9.88 Å². The number of ether oxygens (including phenoxy) is 1. The van der Waals surface area contributed by atoms with Crippen molar-refractivity contribution in [2.45, 2.75) is 26.7 Å². The van der Waals surface area contributed by atoms with Gasteiger partial charge in [-0.15, -0.1) is 0 Å². The van der Waals surface area contributed by atoms with Crippen molar-refractivity contribution in [3.05, 3.63) is 29.8 Å². The molecular formula is C13H21NO3S. The van der Waals surface area contributed by atoms with Crippen LogP contribution in [0.1, 0.15) is 32.3 Å². The zero-order chi connectivity index (χ0) is 13.8. The van der Waals surface area contributed by atoms with Gasteiger partial charge in [-0.25, -0.2) is 13.6 Å². The largest absolute Gasteiger partial charge is 0.493 e. The molecule has 0 heterocycles. The van der Waals surface area contributed by atoms with Crippen molar-refractivity contribution in [2.24, 2.45) is 11.1 Å². The molecule has 0 aromatic heterocycles. The molecule has 0 aliphatic carbocycles. The summed E-state index contributed by atoms with van der Waals surface area (Å²) in [6, 6.07) is 7.84. The van der Waals surface area contributed by atoms with Gasteiger partial charge in [-0.1, -0.05) is 32.9 Å². The third kappa shape index (κ3) is 5.51. The van der Waals surface area contributed by atoms with Gasteiger partial charge in [0.25, 0.3) is 0 Å². The van der Waals surface area contributed by atoms with Crippen molar-refractivity contribution in [3.8, 4) is 5.75 Å². The standard InChI is InChI=1S/C13H21NO3S/c1-10(2)12-4-6-13(7-5-12)17-8-11(3)9-18(14,15)16/h4-7,10-11H,8-9H2,1-3H3,(H2,14,15,16). The summed E-state index contributed by atoms with van der Waals surface area (Å²) < 4.78 is 27.3. The Kier molecular flexibility index (Phi) is 5.16. The number of hydrogen-bond acceptors (Lipinski definition) is 3. The first-order valence-electron chi connectivity index (χ1n) is 6.01. The van der Waals surface area contributed by atoms with E-state index in [2.05, 4.69) is 13.8 Å². The monoisotopic (exact) mass is 271 g/mol. The van der Waals surface area contributed by atoms with Crippen LogP contribution in [0.3, 0.4) is 0 Å². The SMILES string of the molecule is CC(COc1ccc(C(C)C)cc1)CS(N)(=O)=O. The molecule has 0 fully saturated rings. The second-order valence-electron chi connectivity index (χ2n) is 4.97. The topological polar surface area (TPSA) is 69.4 Å². The molecule has 0 saturated heterocycles. The Balaban J connectivity index is 2.49. The van der Waals surface area contributed by atoms with E-state index in [-0.39, 0.29) is 11.7 Å². The van der Waals surface area contributed by atoms with Gasteiger partial charge < -0.3 is 4.74 Å². The van der Waals surface area contributed by atoms with Gasteiger partial charge in [0.1, 0.15) is 5.75 Å². The molecule has 102 valence electrons. The van der Waals surface area contributed by atoms with E-state index >= 15 is 0 Å². The Labute approximate surface area is 109 Å². The zero-order valence-electron chi connectivity index (χ0n) is 11.1. The third-order valence-electron chi connectivity index (χ3n) is 2.60. The minimum atomic E-state index is -3.43. The smallest absolute Gasteiger partial charge is 0.209 e. The van der Waals surface area contributed by atoms with Crippen molar-refractivity contribution in [1.82, 2.24) is 0 Å². The molecule has 0 amide bonds. The Morgan fingerprint density at radius 1 is 1.17 bits per heavy atom. The summed E-state index contributed by atoms with van der Waals surface area (Å²) in [5.74, 6) is 1.06. The van der Waals surface area contributed by atoms with Gasteiger partial charge in [-0.3, -0.25) is 0 Å². The zero-order valence-corrected chi connectivity index (χ0v) is 11.9. The van der Waals surface area contributed by atoms with E-state index in [4.69, 9.17) is 9.88 Å². The highest BCUT2D eigenvalue weighted by molar-refractivity contribution is 7.89. The van der Waals surface area contributed by atoms with Crippen molar-refractivity contribution in [1.29, 1.82) is 0 Å². The summed E-state index contributed by atoms with van der Waals surface area (Å²) in [4.78, 5) is 0. The molecule has 5 heteroatoms. The lowest BCUT2D eigenvalue weighted by Gasteiger charge is -2.12. The van der Waals surface area contributed by atoms with E-state index in [1.807, 2.05) is 24.3 Å². The lowest BCUT2D eigenvalue weighted by Crippen LogP contribution is -2.25. The molecule has 18 heavy (non-hydrogen) atoms. The van der Waals surface area contributed by atoms with Crippen LogP contribution in [0.15, 0.2) is 24.3 Å². The quantitative estimate of drug-likeness (QED) is 0.861. The van der Waals surface area contributed by atoms with E-state index in [0.29, 0.717) is 12.5 Å². The Bertz CT molecular complexity index is 466. The van der Waals surface area contributed by atoms with Gasteiger partial charge in [0, 0.05) is 5.92 Å². The summed E-state index contributed by atoms with van der Waals surface area (Å²) in [5.41, 5.74) is 1.25. The summed E-state index contributed by atoms with van der Waals surface area (Å²) in [6.07, 6.45) is 0. The summed E-state index contributed by atoms with van der Waals surface area (Å²) in [6.45, 7) is 6.40. The number of benzene rings is 1. The van der Waals surface area contributed by atoms with E-state index < -0.39 is 10.0 Å². The van der Waals surface area contributed by atoms with Crippen LogP contribution in [-0.4, -0.2) is 20.8 Å². The van der Waals surface area contributed by atoms with Gasteiger partial charge in [0.2, 0.25) is 10.0 Å². The van der Waals surface area contributed by atoms with Crippen LogP contribution in [-0.2, 0) is 10.0 Å². The molecule has 0 aliphatic heterocycles. The average Bonchev–Trinajstić information content (AvgIpc) is 2.24. The van der Waals surface area contributed by atoms with Gasteiger partial charge in [-0.2, -0.15) is 0 Å². The minimum Gasteiger partial charge on any atom is -0.493 e. The van der Waals surface area contributed by atoms with Crippen LogP contribution in [0, 0.1) is 5.92 Å². The van der Waals surface area contributed by atoms with Crippen LogP contribution in [0.2, 0.25) is 0 Å². The number of hydrogen-bond donors (Lipinski definition) is 1. The highest BCUT2D eigenvalue weighted by atomic mass is 32.2. The van der Waals surface area contributed by atoms with E-state index in [1.54, 1.807) is 6.92 Å². The predicted octanol–water partition coefficient (Wildman–Crippen LogP) is 2.11. The molecule has 0 aliphatic rings. The van der Waals surface area contributed by atoms with Crippen molar-refractivity contribution < 1.29 is 13.2 Å². The average molecular weight is 271 g/mol. The van der Waals surface area contributed by atoms with Crippen LogP contribution in [0.4, 0.5) is 0 Å². The molecule has 1 unspecified atom stereocenters.